The summed E-state index contributed by atoms with van der Waals surface area (Å²) in [7, 11) is 0. The fourth-order valence-corrected chi connectivity index (χ4v) is 1.36. The van der Waals surface area contributed by atoms with E-state index < -0.39 is 5.60 Å². The van der Waals surface area contributed by atoms with Gasteiger partial charge in [-0.25, -0.2) is 9.78 Å². The quantitative estimate of drug-likeness (QED) is 0.412. The summed E-state index contributed by atoms with van der Waals surface area (Å²) >= 11 is 0. The molecule has 1 aromatic rings. The van der Waals surface area contributed by atoms with Crippen molar-refractivity contribution in [2.24, 2.45) is 5.92 Å². The van der Waals surface area contributed by atoms with E-state index in [0.717, 1.165) is 12.0 Å². The van der Waals surface area contributed by atoms with Crippen molar-refractivity contribution in [2.75, 3.05) is 6.61 Å². The third-order valence-corrected chi connectivity index (χ3v) is 2.51. The monoisotopic (exact) mass is 222 g/mol. The van der Waals surface area contributed by atoms with E-state index in [4.69, 9.17) is 9.78 Å². The predicted molar refractivity (Wildman–Crippen MR) is 66.0 cm³/mol. The third kappa shape index (κ3) is 4.33. The Morgan fingerprint density at radius 1 is 1.12 bits per heavy atom. The van der Waals surface area contributed by atoms with Crippen LogP contribution in [0.2, 0.25) is 0 Å². The van der Waals surface area contributed by atoms with Gasteiger partial charge in [-0.3, -0.25) is 0 Å². The minimum absolute atomic E-state index is 0.391. The van der Waals surface area contributed by atoms with Gasteiger partial charge in [0.05, 0.1) is 6.61 Å². The smallest absolute Gasteiger partial charge is 0.123 e. The molecule has 0 saturated carbocycles. The van der Waals surface area contributed by atoms with Gasteiger partial charge in [0.1, 0.15) is 5.60 Å². The van der Waals surface area contributed by atoms with Gasteiger partial charge in [0, 0.05) is 0 Å². The highest BCUT2D eigenvalue weighted by Gasteiger charge is 2.22. The first kappa shape index (κ1) is 13.2. The van der Waals surface area contributed by atoms with Crippen LogP contribution < -0.4 is 0 Å². The van der Waals surface area contributed by atoms with Crippen LogP contribution in [0.5, 0.6) is 0 Å². The number of benzene rings is 1. The maximum atomic E-state index is 5.47. The molecule has 0 saturated heterocycles. The zero-order valence-electron chi connectivity index (χ0n) is 10.7. The van der Waals surface area contributed by atoms with E-state index in [0.29, 0.717) is 12.5 Å². The van der Waals surface area contributed by atoms with Crippen LogP contribution >= 0.6 is 0 Å². The van der Waals surface area contributed by atoms with E-state index in [1.807, 2.05) is 44.2 Å². The van der Waals surface area contributed by atoms with Crippen molar-refractivity contribution in [1.82, 2.24) is 0 Å². The van der Waals surface area contributed by atoms with E-state index in [9.17, 15) is 0 Å². The van der Waals surface area contributed by atoms with Crippen LogP contribution in [0.1, 0.15) is 39.7 Å². The first-order valence-electron chi connectivity index (χ1n) is 5.88. The zero-order chi connectivity index (χ0) is 12.0. The first-order valence-corrected chi connectivity index (χ1v) is 5.88. The van der Waals surface area contributed by atoms with Gasteiger partial charge in [0.15, 0.2) is 0 Å². The van der Waals surface area contributed by atoms with Gasteiger partial charge in [0.25, 0.3) is 0 Å². The molecule has 0 fully saturated rings. The largest absolute Gasteiger partial charge is 0.236 e. The maximum absolute atomic E-state index is 5.47. The second kappa shape index (κ2) is 6.02. The van der Waals surface area contributed by atoms with E-state index in [-0.39, 0.29) is 0 Å². The molecule has 0 unspecified atom stereocenters. The number of hydrogen-bond donors (Lipinski definition) is 0. The molecule has 1 aromatic carbocycles. The minimum Gasteiger partial charge on any atom is -0.236 e. The normalized spacial score (nSPS) is 12.1. The number of rotatable bonds is 6. The van der Waals surface area contributed by atoms with Gasteiger partial charge in [-0.1, -0.05) is 44.2 Å². The second-order valence-corrected chi connectivity index (χ2v) is 4.96. The van der Waals surface area contributed by atoms with Crippen LogP contribution in [-0.2, 0) is 15.4 Å². The fourth-order valence-electron chi connectivity index (χ4n) is 1.36. The lowest BCUT2D eigenvalue weighted by atomic mass is 9.99. The molecule has 0 aliphatic carbocycles. The molecule has 16 heavy (non-hydrogen) atoms. The molecular weight excluding hydrogens is 200 g/mol. The third-order valence-electron chi connectivity index (χ3n) is 2.51. The lowest BCUT2D eigenvalue weighted by Crippen LogP contribution is -2.22. The number of hydrogen-bond acceptors (Lipinski definition) is 2. The standard InChI is InChI=1S/C14H22O2/c1-12(2)10-11-15-16-14(3,4)13-8-6-5-7-9-13/h5-9,12H,10-11H2,1-4H3. The van der Waals surface area contributed by atoms with Crippen LogP contribution in [0.25, 0.3) is 0 Å². The Hall–Kier alpha value is -0.860. The van der Waals surface area contributed by atoms with Crippen molar-refractivity contribution in [2.45, 2.75) is 39.7 Å². The molecule has 2 heteroatoms. The lowest BCUT2D eigenvalue weighted by molar-refractivity contribution is -0.359. The van der Waals surface area contributed by atoms with Gasteiger partial charge >= 0.3 is 0 Å². The molecule has 0 aromatic heterocycles. The Bertz CT molecular complexity index is 291. The van der Waals surface area contributed by atoms with Gasteiger partial charge < -0.3 is 0 Å². The SMILES string of the molecule is CC(C)CCOOC(C)(C)c1ccccc1. The molecule has 0 atom stereocenters. The molecule has 1 rings (SSSR count). The highest BCUT2D eigenvalue weighted by Crippen LogP contribution is 2.24. The average Bonchev–Trinajstić information content (AvgIpc) is 2.26. The van der Waals surface area contributed by atoms with Gasteiger partial charge in [0.2, 0.25) is 0 Å². The van der Waals surface area contributed by atoms with Crippen molar-refractivity contribution in [3.8, 4) is 0 Å². The van der Waals surface area contributed by atoms with E-state index in [2.05, 4.69) is 13.8 Å². The summed E-state index contributed by atoms with van der Waals surface area (Å²) in [5.74, 6) is 0.642. The summed E-state index contributed by atoms with van der Waals surface area (Å²) < 4.78 is 0. The molecule has 0 bridgehead atoms. The van der Waals surface area contributed by atoms with Crippen LogP contribution in [-0.4, -0.2) is 6.61 Å². The molecule has 2 nitrogen and oxygen atoms in total. The van der Waals surface area contributed by atoms with Crippen LogP contribution in [0.15, 0.2) is 30.3 Å². The van der Waals surface area contributed by atoms with Crippen LogP contribution in [0.3, 0.4) is 0 Å². The summed E-state index contributed by atoms with van der Waals surface area (Å²) in [4.78, 5) is 10.7. The topological polar surface area (TPSA) is 18.5 Å². The Morgan fingerprint density at radius 3 is 2.31 bits per heavy atom. The Labute approximate surface area is 98.5 Å². The fraction of sp³-hybridized carbons (Fsp3) is 0.571. The molecular formula is C14H22O2. The van der Waals surface area contributed by atoms with E-state index >= 15 is 0 Å². The van der Waals surface area contributed by atoms with Gasteiger partial charge in [-0.2, -0.15) is 0 Å². The van der Waals surface area contributed by atoms with Gasteiger partial charge in [-0.05, 0) is 31.7 Å². The second-order valence-electron chi connectivity index (χ2n) is 4.96. The molecule has 0 radical (unpaired) electrons. The lowest BCUT2D eigenvalue weighted by Gasteiger charge is -2.24. The van der Waals surface area contributed by atoms with Crippen LogP contribution in [0, 0.1) is 5.92 Å². The molecule has 0 N–H and O–H groups in total. The Kier molecular flexibility index (Phi) is 4.97. The summed E-state index contributed by atoms with van der Waals surface area (Å²) in [5, 5.41) is 0. The van der Waals surface area contributed by atoms with E-state index in [1.54, 1.807) is 0 Å². The molecule has 90 valence electrons. The molecule has 0 spiro atoms. The molecule has 0 heterocycles. The van der Waals surface area contributed by atoms with Gasteiger partial charge in [-0.15, -0.1) is 0 Å². The van der Waals surface area contributed by atoms with Crippen LogP contribution in [0.4, 0.5) is 0 Å². The highest BCUT2D eigenvalue weighted by molar-refractivity contribution is 5.20. The Balaban J connectivity index is 2.40. The average molecular weight is 222 g/mol. The Morgan fingerprint density at radius 2 is 1.75 bits per heavy atom. The molecule has 0 aliphatic rings. The summed E-state index contributed by atoms with van der Waals surface area (Å²) in [6, 6.07) is 10.1. The maximum Gasteiger partial charge on any atom is 0.123 e. The first-order chi connectivity index (χ1) is 7.52. The van der Waals surface area contributed by atoms with Crippen molar-refractivity contribution in [1.29, 1.82) is 0 Å². The summed E-state index contributed by atoms with van der Waals surface area (Å²) in [5.41, 5.74) is 0.734. The predicted octanol–water partition coefficient (Wildman–Crippen LogP) is 3.92. The van der Waals surface area contributed by atoms with Crippen molar-refractivity contribution in [3.05, 3.63) is 35.9 Å². The summed E-state index contributed by atoms with van der Waals surface area (Å²) in [6.45, 7) is 9.01. The molecule has 0 aliphatic heterocycles. The van der Waals surface area contributed by atoms with E-state index in [1.165, 1.54) is 0 Å². The highest BCUT2D eigenvalue weighted by atomic mass is 17.2. The van der Waals surface area contributed by atoms with Crippen molar-refractivity contribution < 1.29 is 9.78 Å². The minimum atomic E-state index is -0.391. The van der Waals surface area contributed by atoms with Crippen molar-refractivity contribution in [3.63, 3.8) is 0 Å². The molecule has 0 amide bonds. The van der Waals surface area contributed by atoms with Crippen molar-refractivity contribution >= 4 is 0 Å². The summed E-state index contributed by atoms with van der Waals surface area (Å²) in [6.07, 6.45) is 1.02. The zero-order valence-corrected chi connectivity index (χ0v) is 10.7.